The molecule has 0 aromatic heterocycles. The van der Waals surface area contributed by atoms with Gasteiger partial charge in [-0.05, 0) is 28.1 Å². The Balaban J connectivity index is 2.53. The summed E-state index contributed by atoms with van der Waals surface area (Å²) in [5, 5.41) is 3.13. The lowest BCUT2D eigenvalue weighted by Crippen LogP contribution is -2.25. The number of halogens is 2. The maximum absolute atomic E-state index is 5.43. The van der Waals surface area contributed by atoms with Crippen LogP contribution >= 0.6 is 31.9 Å². The normalized spacial score (nSPS) is 15.2. The summed E-state index contributed by atoms with van der Waals surface area (Å²) in [5.74, 6) is 0.956. The highest BCUT2D eigenvalue weighted by molar-refractivity contribution is 9.11. The zero-order valence-corrected chi connectivity index (χ0v) is 9.41. The SMILES string of the molecule is Brc1cc(Br)c2c(c1)CNCO2. The minimum absolute atomic E-state index is 0.591. The van der Waals surface area contributed by atoms with Gasteiger partial charge in [0.2, 0.25) is 0 Å². The molecule has 1 aromatic carbocycles. The van der Waals surface area contributed by atoms with Crippen molar-refractivity contribution in [3.63, 3.8) is 0 Å². The van der Waals surface area contributed by atoms with Crippen LogP contribution in [-0.2, 0) is 6.54 Å². The predicted octanol–water partition coefficient (Wildman–Crippen LogP) is 2.65. The average molecular weight is 293 g/mol. The molecular weight excluding hydrogens is 286 g/mol. The average Bonchev–Trinajstić information content (AvgIpc) is 2.04. The van der Waals surface area contributed by atoms with Crippen LogP contribution in [0.3, 0.4) is 0 Å². The molecule has 0 saturated heterocycles. The van der Waals surface area contributed by atoms with Gasteiger partial charge in [-0.2, -0.15) is 0 Å². The molecule has 1 aromatic rings. The zero-order chi connectivity index (χ0) is 8.55. The third kappa shape index (κ3) is 1.51. The smallest absolute Gasteiger partial charge is 0.140 e. The van der Waals surface area contributed by atoms with Gasteiger partial charge < -0.3 is 4.74 Å². The van der Waals surface area contributed by atoms with E-state index in [1.807, 2.05) is 6.07 Å². The van der Waals surface area contributed by atoms with Gasteiger partial charge >= 0.3 is 0 Å². The molecule has 0 unspecified atom stereocenters. The van der Waals surface area contributed by atoms with Crippen molar-refractivity contribution < 1.29 is 4.74 Å². The summed E-state index contributed by atoms with van der Waals surface area (Å²) >= 11 is 6.88. The monoisotopic (exact) mass is 291 g/mol. The van der Waals surface area contributed by atoms with Crippen LogP contribution in [0.15, 0.2) is 21.1 Å². The summed E-state index contributed by atoms with van der Waals surface area (Å²) < 4.78 is 7.51. The Morgan fingerprint density at radius 3 is 3.00 bits per heavy atom. The Labute approximate surface area is 87.6 Å². The first-order valence-electron chi connectivity index (χ1n) is 3.59. The molecule has 1 aliphatic rings. The van der Waals surface area contributed by atoms with Crippen LogP contribution in [-0.4, -0.2) is 6.73 Å². The van der Waals surface area contributed by atoms with Crippen LogP contribution in [0.25, 0.3) is 0 Å². The first-order valence-corrected chi connectivity index (χ1v) is 5.17. The van der Waals surface area contributed by atoms with Gasteiger partial charge in [-0.25, -0.2) is 0 Å². The minimum atomic E-state index is 0.591. The van der Waals surface area contributed by atoms with Crippen molar-refractivity contribution in [3.05, 3.63) is 26.6 Å². The third-order valence-corrected chi connectivity index (χ3v) is 2.77. The summed E-state index contributed by atoms with van der Waals surface area (Å²) in [7, 11) is 0. The van der Waals surface area contributed by atoms with Crippen LogP contribution in [0.5, 0.6) is 5.75 Å². The fourth-order valence-corrected chi connectivity index (χ4v) is 2.64. The Morgan fingerprint density at radius 1 is 1.33 bits per heavy atom. The summed E-state index contributed by atoms with van der Waals surface area (Å²) in [4.78, 5) is 0. The second-order valence-electron chi connectivity index (χ2n) is 2.59. The number of benzene rings is 1. The lowest BCUT2D eigenvalue weighted by Gasteiger charge is -2.19. The van der Waals surface area contributed by atoms with Gasteiger partial charge in [0, 0.05) is 16.6 Å². The van der Waals surface area contributed by atoms with Crippen LogP contribution < -0.4 is 10.1 Å². The molecular formula is C8H7Br2NO. The third-order valence-electron chi connectivity index (χ3n) is 1.72. The Bertz CT molecular complexity index is 314. The molecule has 0 aliphatic carbocycles. The molecule has 64 valence electrons. The van der Waals surface area contributed by atoms with Gasteiger partial charge in [0.05, 0.1) is 4.47 Å². The van der Waals surface area contributed by atoms with Crippen molar-refractivity contribution in [3.8, 4) is 5.75 Å². The molecule has 1 N–H and O–H groups in total. The molecule has 12 heavy (non-hydrogen) atoms. The number of ether oxygens (including phenoxy) is 1. The van der Waals surface area contributed by atoms with Crippen molar-refractivity contribution in [2.24, 2.45) is 0 Å². The summed E-state index contributed by atoms with van der Waals surface area (Å²) in [6, 6.07) is 4.05. The summed E-state index contributed by atoms with van der Waals surface area (Å²) in [5.41, 5.74) is 1.18. The molecule has 0 amide bonds. The Hall–Kier alpha value is -0.0600. The topological polar surface area (TPSA) is 21.3 Å². The van der Waals surface area contributed by atoms with Gasteiger partial charge in [-0.15, -0.1) is 0 Å². The molecule has 2 nitrogen and oxygen atoms in total. The number of hydrogen-bond donors (Lipinski definition) is 1. The van der Waals surface area contributed by atoms with Gasteiger partial charge in [-0.1, -0.05) is 15.9 Å². The molecule has 0 spiro atoms. The molecule has 1 heterocycles. The van der Waals surface area contributed by atoms with Gasteiger partial charge in [0.15, 0.2) is 0 Å². The molecule has 1 aliphatic heterocycles. The van der Waals surface area contributed by atoms with Crippen LogP contribution in [0.2, 0.25) is 0 Å². The lowest BCUT2D eigenvalue weighted by molar-refractivity contribution is 0.255. The first-order chi connectivity index (χ1) is 5.77. The maximum Gasteiger partial charge on any atom is 0.140 e. The van der Waals surface area contributed by atoms with Gasteiger partial charge in [0.1, 0.15) is 12.5 Å². The van der Waals surface area contributed by atoms with E-state index in [0.717, 1.165) is 21.2 Å². The van der Waals surface area contributed by atoms with Crippen molar-refractivity contribution in [1.29, 1.82) is 0 Å². The molecule has 0 saturated carbocycles. The summed E-state index contributed by atoms with van der Waals surface area (Å²) in [6.45, 7) is 1.46. The van der Waals surface area contributed by atoms with Crippen LogP contribution in [0.1, 0.15) is 5.56 Å². The standard InChI is InChI=1S/C8H7Br2NO/c9-6-1-5-3-11-4-12-8(5)7(10)2-6/h1-2,11H,3-4H2. The van der Waals surface area contributed by atoms with E-state index in [4.69, 9.17) is 4.74 Å². The highest BCUT2D eigenvalue weighted by atomic mass is 79.9. The molecule has 0 bridgehead atoms. The fraction of sp³-hybridized carbons (Fsp3) is 0.250. The van der Waals surface area contributed by atoms with E-state index in [1.165, 1.54) is 5.56 Å². The quantitative estimate of drug-likeness (QED) is 0.794. The molecule has 0 atom stereocenters. The highest BCUT2D eigenvalue weighted by Gasteiger charge is 2.13. The van der Waals surface area contributed by atoms with E-state index >= 15 is 0 Å². The highest BCUT2D eigenvalue weighted by Crippen LogP contribution is 2.33. The second-order valence-corrected chi connectivity index (χ2v) is 4.36. The first kappa shape index (κ1) is 8.53. The molecule has 2 rings (SSSR count). The number of fused-ring (bicyclic) bond motifs is 1. The van der Waals surface area contributed by atoms with E-state index in [1.54, 1.807) is 0 Å². The number of nitrogens with one attached hydrogen (secondary N) is 1. The van der Waals surface area contributed by atoms with E-state index < -0.39 is 0 Å². The predicted molar refractivity (Wildman–Crippen MR) is 54.2 cm³/mol. The number of hydrogen-bond acceptors (Lipinski definition) is 2. The Morgan fingerprint density at radius 2 is 2.17 bits per heavy atom. The van der Waals surface area contributed by atoms with Crippen LogP contribution in [0.4, 0.5) is 0 Å². The van der Waals surface area contributed by atoms with Crippen LogP contribution in [0, 0.1) is 0 Å². The molecule has 4 heteroatoms. The van der Waals surface area contributed by atoms with Crippen molar-refractivity contribution in [2.75, 3.05) is 6.73 Å². The van der Waals surface area contributed by atoms with Gasteiger partial charge in [-0.3, -0.25) is 5.32 Å². The minimum Gasteiger partial charge on any atom is -0.477 e. The van der Waals surface area contributed by atoms with Gasteiger partial charge in [0.25, 0.3) is 0 Å². The van der Waals surface area contributed by atoms with Crippen molar-refractivity contribution >= 4 is 31.9 Å². The van der Waals surface area contributed by atoms with E-state index in [2.05, 4.69) is 43.2 Å². The maximum atomic E-state index is 5.43. The van der Waals surface area contributed by atoms with E-state index in [9.17, 15) is 0 Å². The zero-order valence-electron chi connectivity index (χ0n) is 6.23. The lowest BCUT2D eigenvalue weighted by atomic mass is 10.2. The van der Waals surface area contributed by atoms with Crippen molar-refractivity contribution in [1.82, 2.24) is 5.32 Å². The number of rotatable bonds is 0. The largest absolute Gasteiger partial charge is 0.477 e. The fourth-order valence-electron chi connectivity index (χ4n) is 1.22. The van der Waals surface area contributed by atoms with E-state index in [0.29, 0.717) is 6.73 Å². The second kappa shape index (κ2) is 3.36. The Kier molecular flexibility index (Phi) is 2.39. The summed E-state index contributed by atoms with van der Waals surface area (Å²) in [6.07, 6.45) is 0. The van der Waals surface area contributed by atoms with Crippen molar-refractivity contribution in [2.45, 2.75) is 6.54 Å². The molecule has 0 fully saturated rings. The van der Waals surface area contributed by atoms with E-state index in [-0.39, 0.29) is 0 Å². The molecule has 0 radical (unpaired) electrons.